The van der Waals surface area contributed by atoms with Gasteiger partial charge in [-0.15, -0.1) is 0 Å². The molecular weight excluding hydrogens is 527 g/mol. The number of sulfone groups is 1. The van der Waals surface area contributed by atoms with Crippen LogP contribution in [0, 0.1) is 6.92 Å². The molecule has 0 aliphatic rings. The standard InChI is InChI=1S/C32H27O5PS/c1-24-8-20-31(21-9-24)39(34,35)32-22-14-27(15-23-32)37-26-12-18-30(19-13-26)38(33,28-6-4-3-5-7-28)29-16-10-25(36-2)11-17-29/h3-23H,1-2H3. The van der Waals surface area contributed by atoms with E-state index in [0.717, 1.165) is 10.9 Å². The maximum absolute atomic E-state index is 14.6. The second kappa shape index (κ2) is 10.9. The summed E-state index contributed by atoms with van der Waals surface area (Å²) in [6, 6.07) is 37.0. The Morgan fingerprint density at radius 2 is 0.949 bits per heavy atom. The fourth-order valence-electron chi connectivity index (χ4n) is 4.28. The molecule has 5 nitrogen and oxygen atoms in total. The molecule has 0 radical (unpaired) electrons. The van der Waals surface area contributed by atoms with Crippen LogP contribution in [0.5, 0.6) is 17.2 Å². The lowest BCUT2D eigenvalue weighted by atomic mass is 10.2. The molecule has 0 aliphatic heterocycles. The van der Waals surface area contributed by atoms with Gasteiger partial charge in [-0.25, -0.2) is 8.42 Å². The van der Waals surface area contributed by atoms with Crippen molar-refractivity contribution < 1.29 is 22.5 Å². The summed E-state index contributed by atoms with van der Waals surface area (Å²) >= 11 is 0. The topological polar surface area (TPSA) is 69.7 Å². The minimum absolute atomic E-state index is 0.192. The Kier molecular flexibility index (Phi) is 7.42. The summed E-state index contributed by atoms with van der Waals surface area (Å²) in [4.78, 5) is 0.439. The van der Waals surface area contributed by atoms with Crippen LogP contribution in [-0.4, -0.2) is 15.5 Å². The molecule has 1 unspecified atom stereocenters. The minimum atomic E-state index is -3.62. The van der Waals surface area contributed by atoms with E-state index in [2.05, 4.69) is 0 Å². The van der Waals surface area contributed by atoms with Crippen LogP contribution in [-0.2, 0) is 14.4 Å². The molecule has 1 atom stereocenters. The van der Waals surface area contributed by atoms with E-state index < -0.39 is 17.0 Å². The molecule has 39 heavy (non-hydrogen) atoms. The maximum Gasteiger partial charge on any atom is 0.206 e. The molecule has 5 aromatic rings. The smallest absolute Gasteiger partial charge is 0.206 e. The monoisotopic (exact) mass is 554 g/mol. The molecule has 196 valence electrons. The fraction of sp³-hybridized carbons (Fsp3) is 0.0625. The van der Waals surface area contributed by atoms with E-state index in [1.807, 2.05) is 73.7 Å². The molecule has 0 aliphatic carbocycles. The molecule has 0 bridgehead atoms. The third kappa shape index (κ3) is 5.40. The molecule has 5 aromatic carbocycles. The van der Waals surface area contributed by atoms with Crippen LogP contribution >= 0.6 is 7.14 Å². The van der Waals surface area contributed by atoms with Gasteiger partial charge in [0, 0.05) is 15.9 Å². The average molecular weight is 555 g/mol. The fourth-order valence-corrected chi connectivity index (χ4v) is 8.16. The van der Waals surface area contributed by atoms with Gasteiger partial charge in [0.15, 0.2) is 7.14 Å². The molecule has 0 saturated heterocycles. The van der Waals surface area contributed by atoms with Crippen molar-refractivity contribution in [2.45, 2.75) is 16.7 Å². The Labute approximate surface area is 229 Å². The highest BCUT2D eigenvalue weighted by molar-refractivity contribution is 7.91. The van der Waals surface area contributed by atoms with Gasteiger partial charge in [0.1, 0.15) is 17.2 Å². The molecule has 5 rings (SSSR count). The Morgan fingerprint density at radius 3 is 1.44 bits per heavy atom. The van der Waals surface area contributed by atoms with Crippen LogP contribution in [0.15, 0.2) is 137 Å². The summed E-state index contributed by atoms with van der Waals surface area (Å²) in [5, 5.41) is 2.11. The predicted octanol–water partition coefficient (Wildman–Crippen LogP) is 6.27. The molecule has 0 amide bonds. The normalized spacial score (nSPS) is 12.9. The van der Waals surface area contributed by atoms with Gasteiger partial charge < -0.3 is 14.0 Å². The van der Waals surface area contributed by atoms with Crippen molar-refractivity contribution in [1.82, 2.24) is 0 Å². The van der Waals surface area contributed by atoms with E-state index in [4.69, 9.17) is 9.47 Å². The number of rotatable bonds is 8. The van der Waals surface area contributed by atoms with E-state index in [1.165, 1.54) is 12.1 Å². The summed E-state index contributed by atoms with van der Waals surface area (Å²) in [5.74, 6) is 1.73. The second-order valence-corrected chi connectivity index (χ2v) is 13.7. The van der Waals surface area contributed by atoms with Crippen LogP contribution < -0.4 is 25.4 Å². The van der Waals surface area contributed by atoms with Crippen LogP contribution in [0.4, 0.5) is 0 Å². The molecule has 0 aromatic heterocycles. The van der Waals surface area contributed by atoms with Crippen molar-refractivity contribution >= 4 is 32.9 Å². The van der Waals surface area contributed by atoms with E-state index in [1.54, 1.807) is 55.6 Å². The highest BCUT2D eigenvalue weighted by Gasteiger charge is 2.29. The lowest BCUT2D eigenvalue weighted by molar-refractivity contribution is 0.415. The third-order valence-corrected chi connectivity index (χ3v) is 11.3. The Morgan fingerprint density at radius 1 is 0.538 bits per heavy atom. The summed E-state index contributed by atoms with van der Waals surface area (Å²) in [6.07, 6.45) is 0. The van der Waals surface area contributed by atoms with Gasteiger partial charge in [-0.3, -0.25) is 0 Å². The SMILES string of the molecule is COc1ccc(P(=O)(c2ccccc2)c2ccc(Oc3ccc(S(=O)(=O)c4ccc(C)cc4)cc3)cc2)cc1. The first-order valence-electron chi connectivity index (χ1n) is 12.3. The van der Waals surface area contributed by atoms with Crippen molar-refractivity contribution in [1.29, 1.82) is 0 Å². The van der Waals surface area contributed by atoms with Gasteiger partial charge in [-0.05, 0) is 91.9 Å². The maximum atomic E-state index is 14.6. The van der Waals surface area contributed by atoms with Gasteiger partial charge in [0.25, 0.3) is 0 Å². The molecule has 0 saturated carbocycles. The molecule has 0 heterocycles. The van der Waals surface area contributed by atoms with Crippen molar-refractivity contribution in [2.75, 3.05) is 7.11 Å². The Balaban J connectivity index is 1.40. The molecule has 7 heteroatoms. The molecule has 0 spiro atoms. The third-order valence-electron chi connectivity index (χ3n) is 6.46. The highest BCUT2D eigenvalue weighted by atomic mass is 32.2. The van der Waals surface area contributed by atoms with E-state index in [0.29, 0.717) is 27.9 Å². The zero-order valence-corrected chi connectivity index (χ0v) is 23.2. The van der Waals surface area contributed by atoms with Crippen LogP contribution in [0.2, 0.25) is 0 Å². The number of methoxy groups -OCH3 is 1. The zero-order valence-electron chi connectivity index (χ0n) is 21.5. The van der Waals surface area contributed by atoms with E-state index >= 15 is 0 Å². The summed E-state index contributed by atoms with van der Waals surface area (Å²) in [5.41, 5.74) is 0.993. The summed E-state index contributed by atoms with van der Waals surface area (Å²) < 4.78 is 51.8. The zero-order chi connectivity index (χ0) is 27.5. The first-order valence-corrected chi connectivity index (χ1v) is 15.5. The first-order chi connectivity index (χ1) is 18.8. The predicted molar refractivity (Wildman–Crippen MR) is 156 cm³/mol. The Hall–Kier alpha value is -4.12. The minimum Gasteiger partial charge on any atom is -0.497 e. The van der Waals surface area contributed by atoms with Crippen LogP contribution in [0.3, 0.4) is 0 Å². The number of hydrogen-bond acceptors (Lipinski definition) is 5. The van der Waals surface area contributed by atoms with Crippen molar-refractivity contribution in [3.63, 3.8) is 0 Å². The van der Waals surface area contributed by atoms with Gasteiger partial charge in [-0.1, -0.05) is 48.0 Å². The number of benzene rings is 5. The van der Waals surface area contributed by atoms with Gasteiger partial charge in [0.2, 0.25) is 9.84 Å². The van der Waals surface area contributed by atoms with Crippen molar-refractivity contribution in [2.24, 2.45) is 0 Å². The summed E-state index contributed by atoms with van der Waals surface area (Å²) in [7, 11) is -5.17. The van der Waals surface area contributed by atoms with Crippen LogP contribution in [0.1, 0.15) is 5.56 Å². The molecule has 0 N–H and O–H groups in total. The lowest BCUT2D eigenvalue weighted by Crippen LogP contribution is -2.24. The van der Waals surface area contributed by atoms with Crippen molar-refractivity contribution in [3.05, 3.63) is 133 Å². The van der Waals surface area contributed by atoms with Crippen LogP contribution in [0.25, 0.3) is 0 Å². The highest BCUT2D eigenvalue weighted by Crippen LogP contribution is 2.43. The summed E-state index contributed by atoms with van der Waals surface area (Å²) in [6.45, 7) is 1.91. The number of aryl methyl sites for hydroxylation is 1. The first kappa shape index (κ1) is 26.5. The lowest BCUT2D eigenvalue weighted by Gasteiger charge is -2.20. The van der Waals surface area contributed by atoms with Gasteiger partial charge in [0.05, 0.1) is 16.9 Å². The quantitative estimate of drug-likeness (QED) is 0.212. The average Bonchev–Trinajstić information content (AvgIpc) is 2.98. The largest absolute Gasteiger partial charge is 0.497 e. The van der Waals surface area contributed by atoms with E-state index in [-0.39, 0.29) is 9.79 Å². The number of hydrogen-bond donors (Lipinski definition) is 0. The molecular formula is C32H27O5PS. The number of ether oxygens (including phenoxy) is 2. The second-order valence-electron chi connectivity index (χ2n) is 9.03. The van der Waals surface area contributed by atoms with Gasteiger partial charge in [-0.2, -0.15) is 0 Å². The molecule has 0 fully saturated rings. The van der Waals surface area contributed by atoms with Gasteiger partial charge >= 0.3 is 0 Å². The van der Waals surface area contributed by atoms with Crippen molar-refractivity contribution in [3.8, 4) is 17.2 Å². The van der Waals surface area contributed by atoms with E-state index in [9.17, 15) is 13.0 Å². The Bertz CT molecular complexity index is 1710.